The maximum absolute atomic E-state index is 11.7. The van der Waals surface area contributed by atoms with Crippen molar-refractivity contribution < 1.29 is 9.53 Å². The fraction of sp³-hybridized carbons (Fsp3) is 0.235. The van der Waals surface area contributed by atoms with Gasteiger partial charge in [0.15, 0.2) is 5.65 Å². The molecule has 0 fully saturated rings. The van der Waals surface area contributed by atoms with Gasteiger partial charge in [-0.2, -0.15) is 0 Å². The first-order valence-electron chi connectivity index (χ1n) is 7.42. The van der Waals surface area contributed by atoms with Crippen LogP contribution in [0.15, 0.2) is 42.6 Å². The fourth-order valence-corrected chi connectivity index (χ4v) is 2.67. The van der Waals surface area contributed by atoms with Gasteiger partial charge in [0.1, 0.15) is 11.3 Å². The van der Waals surface area contributed by atoms with Gasteiger partial charge in [0.25, 0.3) is 0 Å². The number of imidazole rings is 1. The quantitative estimate of drug-likeness (QED) is 0.670. The second kappa shape index (κ2) is 6.79. The molecule has 0 aliphatic rings. The molecule has 0 aliphatic heterocycles. The lowest BCUT2D eigenvalue weighted by atomic mass is 10.2. The minimum Gasteiger partial charge on any atom is -0.466 e. The molecule has 0 bridgehead atoms. The van der Waals surface area contributed by atoms with Gasteiger partial charge in [-0.3, -0.25) is 4.79 Å². The molecule has 23 heavy (non-hydrogen) atoms. The van der Waals surface area contributed by atoms with Crippen molar-refractivity contribution in [1.29, 1.82) is 0 Å². The van der Waals surface area contributed by atoms with Crippen LogP contribution in [0.5, 0.6) is 0 Å². The minimum atomic E-state index is -0.240. The highest BCUT2D eigenvalue weighted by atomic mass is 35.5. The molecule has 118 valence electrons. The summed E-state index contributed by atoms with van der Waals surface area (Å²) in [5.74, 6) is 0.462. The van der Waals surface area contributed by atoms with Crippen LogP contribution in [0.3, 0.4) is 0 Å². The molecule has 0 amide bonds. The number of hydrogen-bond acceptors (Lipinski definition) is 4. The normalized spacial score (nSPS) is 10.9. The number of halogens is 1. The van der Waals surface area contributed by atoms with Gasteiger partial charge in [-0.15, -0.1) is 0 Å². The topological polar surface area (TPSA) is 57.0 Å². The molecule has 1 aromatic carbocycles. The van der Waals surface area contributed by atoms with Gasteiger partial charge in [0, 0.05) is 18.3 Å². The molecule has 0 unspecified atom stereocenters. The summed E-state index contributed by atoms with van der Waals surface area (Å²) < 4.78 is 6.91. The SMILES string of the molecule is CCOC(=O)CCn1c(-c2ccccc2Cl)nc2cccnc21. The van der Waals surface area contributed by atoms with Crippen LogP contribution in [0.1, 0.15) is 13.3 Å². The van der Waals surface area contributed by atoms with Crippen molar-refractivity contribution in [2.45, 2.75) is 19.9 Å². The van der Waals surface area contributed by atoms with E-state index in [1.807, 2.05) is 41.0 Å². The second-order valence-corrected chi connectivity index (χ2v) is 5.38. The average Bonchev–Trinajstić information content (AvgIpc) is 2.92. The zero-order valence-corrected chi connectivity index (χ0v) is 13.5. The van der Waals surface area contributed by atoms with Crippen LogP contribution >= 0.6 is 11.6 Å². The number of nitrogens with zero attached hydrogens (tertiary/aromatic N) is 3. The van der Waals surface area contributed by atoms with Crippen LogP contribution in [0.4, 0.5) is 0 Å². The number of ether oxygens (including phenoxy) is 1. The van der Waals surface area contributed by atoms with Crippen molar-refractivity contribution in [2.75, 3.05) is 6.61 Å². The summed E-state index contributed by atoms with van der Waals surface area (Å²) in [7, 11) is 0. The number of benzene rings is 1. The highest BCUT2D eigenvalue weighted by Gasteiger charge is 2.16. The van der Waals surface area contributed by atoms with E-state index in [1.54, 1.807) is 13.1 Å². The Kier molecular flexibility index (Phi) is 4.57. The lowest BCUT2D eigenvalue weighted by Gasteiger charge is -2.09. The maximum Gasteiger partial charge on any atom is 0.307 e. The molecular formula is C17H16ClN3O2. The number of aryl methyl sites for hydroxylation is 1. The Hall–Kier alpha value is -2.40. The van der Waals surface area contributed by atoms with Gasteiger partial charge in [-0.25, -0.2) is 9.97 Å². The summed E-state index contributed by atoms with van der Waals surface area (Å²) in [5, 5.41) is 0.611. The summed E-state index contributed by atoms with van der Waals surface area (Å²) in [5.41, 5.74) is 2.31. The average molecular weight is 330 g/mol. The Morgan fingerprint density at radius 1 is 1.26 bits per heavy atom. The standard InChI is InChI=1S/C17H16ClN3O2/c1-2-23-15(22)9-11-21-16(12-6-3-4-7-13(12)18)20-14-8-5-10-19-17(14)21/h3-8,10H,2,9,11H2,1H3. The molecule has 0 saturated carbocycles. The van der Waals surface area contributed by atoms with Crippen LogP contribution in [0, 0.1) is 0 Å². The molecule has 0 atom stereocenters. The monoisotopic (exact) mass is 329 g/mol. The molecule has 0 spiro atoms. The van der Waals surface area contributed by atoms with Crippen molar-refractivity contribution in [1.82, 2.24) is 14.5 Å². The third-order valence-corrected chi connectivity index (χ3v) is 3.79. The molecule has 0 radical (unpaired) electrons. The minimum absolute atomic E-state index is 0.240. The summed E-state index contributed by atoms with van der Waals surface area (Å²) in [6.07, 6.45) is 1.97. The Bertz CT molecular complexity index is 845. The predicted octanol–water partition coefficient (Wildman–Crippen LogP) is 3.70. The Labute approximate surface area is 138 Å². The predicted molar refractivity (Wildman–Crippen MR) is 89.2 cm³/mol. The molecule has 3 aromatic rings. The highest BCUT2D eigenvalue weighted by Crippen LogP contribution is 2.29. The van der Waals surface area contributed by atoms with Crippen molar-refractivity contribution in [3.8, 4) is 11.4 Å². The Morgan fingerprint density at radius 2 is 2.09 bits per heavy atom. The van der Waals surface area contributed by atoms with E-state index in [1.165, 1.54) is 0 Å². The first-order chi connectivity index (χ1) is 11.2. The molecule has 0 N–H and O–H groups in total. The summed E-state index contributed by atoms with van der Waals surface area (Å²) in [4.78, 5) is 20.7. The zero-order chi connectivity index (χ0) is 16.2. The van der Waals surface area contributed by atoms with Gasteiger partial charge in [-0.05, 0) is 31.2 Å². The Balaban J connectivity index is 2.05. The smallest absolute Gasteiger partial charge is 0.307 e. The molecule has 0 aliphatic carbocycles. The number of carbonyl (C=O) groups excluding carboxylic acids is 1. The first-order valence-corrected chi connectivity index (χ1v) is 7.80. The zero-order valence-electron chi connectivity index (χ0n) is 12.7. The van der Waals surface area contributed by atoms with E-state index in [2.05, 4.69) is 9.97 Å². The van der Waals surface area contributed by atoms with Crippen LogP contribution in [0.2, 0.25) is 5.02 Å². The van der Waals surface area contributed by atoms with E-state index < -0.39 is 0 Å². The molecule has 2 heterocycles. The molecule has 6 heteroatoms. The van der Waals surface area contributed by atoms with E-state index in [4.69, 9.17) is 16.3 Å². The van der Waals surface area contributed by atoms with E-state index in [0.717, 1.165) is 16.7 Å². The van der Waals surface area contributed by atoms with Crippen LogP contribution < -0.4 is 0 Å². The largest absolute Gasteiger partial charge is 0.466 e. The Morgan fingerprint density at radius 3 is 2.87 bits per heavy atom. The summed E-state index contributed by atoms with van der Waals surface area (Å²) in [6, 6.07) is 11.2. The number of hydrogen-bond donors (Lipinski definition) is 0. The van der Waals surface area contributed by atoms with Crippen molar-refractivity contribution in [3.05, 3.63) is 47.6 Å². The number of pyridine rings is 1. The van der Waals surface area contributed by atoms with Crippen molar-refractivity contribution in [2.24, 2.45) is 0 Å². The number of aromatic nitrogens is 3. The van der Waals surface area contributed by atoms with Crippen LogP contribution in [-0.2, 0) is 16.1 Å². The van der Waals surface area contributed by atoms with E-state index in [0.29, 0.717) is 24.0 Å². The molecular weight excluding hydrogens is 314 g/mol. The highest BCUT2D eigenvalue weighted by molar-refractivity contribution is 6.33. The number of fused-ring (bicyclic) bond motifs is 1. The van der Waals surface area contributed by atoms with Gasteiger partial charge >= 0.3 is 5.97 Å². The van der Waals surface area contributed by atoms with Gasteiger partial charge in [0.05, 0.1) is 18.1 Å². The van der Waals surface area contributed by atoms with Gasteiger partial charge in [0.2, 0.25) is 0 Å². The van der Waals surface area contributed by atoms with Crippen LogP contribution in [0.25, 0.3) is 22.6 Å². The molecule has 2 aromatic heterocycles. The third kappa shape index (κ3) is 3.19. The molecule has 3 rings (SSSR count). The number of carbonyl (C=O) groups is 1. The van der Waals surface area contributed by atoms with Crippen molar-refractivity contribution >= 4 is 28.7 Å². The lowest BCUT2D eigenvalue weighted by Crippen LogP contribution is -2.10. The summed E-state index contributed by atoms with van der Waals surface area (Å²) in [6.45, 7) is 2.60. The van der Waals surface area contributed by atoms with Gasteiger partial charge in [-0.1, -0.05) is 23.7 Å². The fourth-order valence-electron chi connectivity index (χ4n) is 2.45. The van der Waals surface area contributed by atoms with Gasteiger partial charge < -0.3 is 9.30 Å². The summed E-state index contributed by atoms with van der Waals surface area (Å²) >= 11 is 6.31. The van der Waals surface area contributed by atoms with Crippen molar-refractivity contribution in [3.63, 3.8) is 0 Å². The first kappa shape index (κ1) is 15.5. The maximum atomic E-state index is 11.7. The molecule has 0 saturated heterocycles. The van der Waals surface area contributed by atoms with E-state index in [-0.39, 0.29) is 12.4 Å². The molecule has 5 nitrogen and oxygen atoms in total. The lowest BCUT2D eigenvalue weighted by molar-refractivity contribution is -0.143. The van der Waals surface area contributed by atoms with E-state index in [9.17, 15) is 4.79 Å². The third-order valence-electron chi connectivity index (χ3n) is 3.46. The van der Waals surface area contributed by atoms with Crippen LogP contribution in [-0.4, -0.2) is 27.1 Å². The van der Waals surface area contributed by atoms with E-state index >= 15 is 0 Å². The number of esters is 1. The second-order valence-electron chi connectivity index (χ2n) is 4.97. The number of rotatable bonds is 5.